The average molecular weight is 385 g/mol. The predicted octanol–water partition coefficient (Wildman–Crippen LogP) is 4.02. The molecule has 1 amide bonds. The number of anilines is 4. The van der Waals surface area contributed by atoms with E-state index in [4.69, 9.17) is 0 Å². The van der Waals surface area contributed by atoms with Crippen LogP contribution in [-0.2, 0) is 6.42 Å². The van der Waals surface area contributed by atoms with Crippen LogP contribution in [0.25, 0.3) is 0 Å². The van der Waals surface area contributed by atoms with Crippen molar-refractivity contribution >= 4 is 28.9 Å². The topological polar surface area (TPSA) is 61.4 Å². The van der Waals surface area contributed by atoms with Crippen molar-refractivity contribution in [2.45, 2.75) is 19.3 Å². The summed E-state index contributed by atoms with van der Waals surface area (Å²) in [7, 11) is 0. The molecule has 0 spiro atoms. The lowest BCUT2D eigenvalue weighted by Crippen LogP contribution is -2.20. The number of rotatable bonds is 4. The Morgan fingerprint density at radius 1 is 0.931 bits per heavy atom. The van der Waals surface area contributed by atoms with Gasteiger partial charge in [0.05, 0.1) is 0 Å². The van der Waals surface area contributed by atoms with Crippen LogP contribution < -0.4 is 15.1 Å². The zero-order valence-corrected chi connectivity index (χ0v) is 16.2. The van der Waals surface area contributed by atoms with Crippen molar-refractivity contribution in [3.05, 3.63) is 72.1 Å². The Labute approximate surface area is 170 Å². The monoisotopic (exact) mass is 385 g/mol. The van der Waals surface area contributed by atoms with Crippen LogP contribution in [0.2, 0.25) is 0 Å². The first-order valence-corrected chi connectivity index (χ1v) is 10.1. The SMILES string of the molecule is O=C(Nc1ccc(N2CCCC2)cc1)c1ccnc(N2CCc3ccccc32)n1. The van der Waals surface area contributed by atoms with Gasteiger partial charge in [0.25, 0.3) is 5.91 Å². The summed E-state index contributed by atoms with van der Waals surface area (Å²) in [6.07, 6.45) is 5.10. The van der Waals surface area contributed by atoms with Gasteiger partial charge in [-0.2, -0.15) is 0 Å². The van der Waals surface area contributed by atoms with Crippen LogP contribution in [0.4, 0.5) is 23.0 Å². The highest BCUT2D eigenvalue weighted by molar-refractivity contribution is 6.03. The van der Waals surface area contributed by atoms with Gasteiger partial charge in [-0.1, -0.05) is 18.2 Å². The fourth-order valence-electron chi connectivity index (χ4n) is 4.08. The molecule has 6 heteroatoms. The van der Waals surface area contributed by atoms with Gasteiger partial charge in [0, 0.05) is 42.9 Å². The van der Waals surface area contributed by atoms with Gasteiger partial charge in [0.15, 0.2) is 0 Å². The number of amides is 1. The summed E-state index contributed by atoms with van der Waals surface area (Å²) in [6, 6.07) is 17.9. The number of aromatic nitrogens is 2. The summed E-state index contributed by atoms with van der Waals surface area (Å²) >= 11 is 0. The fourth-order valence-corrected chi connectivity index (χ4v) is 4.08. The van der Waals surface area contributed by atoms with Crippen molar-refractivity contribution in [2.75, 3.05) is 34.8 Å². The number of hydrogen-bond acceptors (Lipinski definition) is 5. The second kappa shape index (κ2) is 7.54. The lowest BCUT2D eigenvalue weighted by molar-refractivity contribution is 0.102. The molecule has 0 unspecified atom stereocenters. The molecule has 1 fully saturated rings. The van der Waals surface area contributed by atoms with Crippen LogP contribution in [0.3, 0.4) is 0 Å². The number of hydrogen-bond donors (Lipinski definition) is 1. The van der Waals surface area contributed by atoms with E-state index in [1.807, 2.05) is 24.3 Å². The number of nitrogens with one attached hydrogen (secondary N) is 1. The Balaban J connectivity index is 1.31. The third-order valence-corrected chi connectivity index (χ3v) is 5.60. The van der Waals surface area contributed by atoms with Crippen LogP contribution in [0.5, 0.6) is 0 Å². The number of fused-ring (bicyclic) bond motifs is 1. The van der Waals surface area contributed by atoms with E-state index in [1.54, 1.807) is 12.3 Å². The lowest BCUT2D eigenvalue weighted by Gasteiger charge is -2.18. The Hall–Kier alpha value is -3.41. The van der Waals surface area contributed by atoms with E-state index in [0.717, 1.165) is 37.4 Å². The molecule has 0 radical (unpaired) electrons. The minimum atomic E-state index is -0.227. The van der Waals surface area contributed by atoms with Crippen molar-refractivity contribution < 1.29 is 4.79 Å². The van der Waals surface area contributed by atoms with Gasteiger partial charge in [-0.15, -0.1) is 0 Å². The van der Waals surface area contributed by atoms with Crippen molar-refractivity contribution in [3.8, 4) is 0 Å². The quantitative estimate of drug-likeness (QED) is 0.735. The highest BCUT2D eigenvalue weighted by Crippen LogP contribution is 2.32. The second-order valence-electron chi connectivity index (χ2n) is 7.47. The maximum Gasteiger partial charge on any atom is 0.274 e. The van der Waals surface area contributed by atoms with E-state index in [1.165, 1.54) is 24.1 Å². The number of benzene rings is 2. The smallest absolute Gasteiger partial charge is 0.274 e. The first-order chi connectivity index (χ1) is 14.3. The molecule has 2 aliphatic heterocycles. The van der Waals surface area contributed by atoms with Crippen LogP contribution in [0, 0.1) is 0 Å². The van der Waals surface area contributed by atoms with E-state index in [2.05, 4.69) is 49.4 Å². The third kappa shape index (κ3) is 3.53. The van der Waals surface area contributed by atoms with E-state index >= 15 is 0 Å². The van der Waals surface area contributed by atoms with E-state index in [9.17, 15) is 4.79 Å². The number of carbonyl (C=O) groups excluding carboxylic acids is 1. The standard InChI is InChI=1S/C23H23N5O/c29-22(25-18-7-9-19(10-8-18)27-14-3-4-15-27)20-11-13-24-23(26-20)28-16-12-17-5-1-2-6-21(17)28/h1-2,5-11,13H,3-4,12,14-16H2,(H,25,29). The number of carbonyl (C=O) groups is 1. The molecule has 2 aromatic carbocycles. The molecule has 1 N–H and O–H groups in total. The molecule has 146 valence electrons. The molecule has 0 atom stereocenters. The van der Waals surface area contributed by atoms with Crippen LogP contribution in [-0.4, -0.2) is 35.5 Å². The minimum Gasteiger partial charge on any atom is -0.372 e. The van der Waals surface area contributed by atoms with Gasteiger partial charge in [0.1, 0.15) is 5.69 Å². The first kappa shape index (κ1) is 17.7. The fraction of sp³-hybridized carbons (Fsp3) is 0.261. The van der Waals surface area contributed by atoms with Gasteiger partial charge in [-0.25, -0.2) is 9.97 Å². The maximum atomic E-state index is 12.7. The normalized spacial score (nSPS) is 15.4. The van der Waals surface area contributed by atoms with Crippen molar-refractivity contribution in [1.29, 1.82) is 0 Å². The molecule has 3 heterocycles. The highest BCUT2D eigenvalue weighted by Gasteiger charge is 2.22. The van der Waals surface area contributed by atoms with Gasteiger partial charge in [-0.05, 0) is 61.2 Å². The zero-order chi connectivity index (χ0) is 19.6. The van der Waals surface area contributed by atoms with Gasteiger partial charge >= 0.3 is 0 Å². The summed E-state index contributed by atoms with van der Waals surface area (Å²) < 4.78 is 0. The predicted molar refractivity (Wildman–Crippen MR) is 115 cm³/mol. The minimum absolute atomic E-state index is 0.227. The van der Waals surface area contributed by atoms with Crippen LogP contribution in [0.1, 0.15) is 28.9 Å². The largest absolute Gasteiger partial charge is 0.372 e. The summed E-state index contributed by atoms with van der Waals surface area (Å²) in [5, 5.41) is 2.95. The molecular formula is C23H23N5O. The molecule has 0 aliphatic carbocycles. The summed E-state index contributed by atoms with van der Waals surface area (Å²) in [6.45, 7) is 3.03. The van der Waals surface area contributed by atoms with Crippen molar-refractivity contribution in [1.82, 2.24) is 9.97 Å². The Kier molecular flexibility index (Phi) is 4.60. The van der Waals surface area contributed by atoms with Gasteiger partial charge in [-0.3, -0.25) is 4.79 Å². The Morgan fingerprint density at radius 2 is 1.72 bits per heavy atom. The number of nitrogens with zero attached hydrogens (tertiary/aromatic N) is 4. The molecule has 5 rings (SSSR count). The Bertz CT molecular complexity index is 1030. The van der Waals surface area contributed by atoms with E-state index in [-0.39, 0.29) is 5.91 Å². The first-order valence-electron chi connectivity index (χ1n) is 10.1. The van der Waals surface area contributed by atoms with Crippen molar-refractivity contribution in [3.63, 3.8) is 0 Å². The molecule has 3 aromatic rings. The highest BCUT2D eigenvalue weighted by atomic mass is 16.1. The molecule has 1 aromatic heterocycles. The van der Waals surface area contributed by atoms with E-state index in [0.29, 0.717) is 11.6 Å². The van der Waals surface area contributed by atoms with Crippen molar-refractivity contribution in [2.24, 2.45) is 0 Å². The van der Waals surface area contributed by atoms with E-state index < -0.39 is 0 Å². The lowest BCUT2D eigenvalue weighted by atomic mass is 10.2. The second-order valence-corrected chi connectivity index (χ2v) is 7.47. The zero-order valence-electron chi connectivity index (χ0n) is 16.2. The third-order valence-electron chi connectivity index (χ3n) is 5.60. The molecule has 6 nitrogen and oxygen atoms in total. The maximum absolute atomic E-state index is 12.7. The summed E-state index contributed by atoms with van der Waals surface area (Å²) in [4.78, 5) is 26.1. The van der Waals surface area contributed by atoms with Crippen LogP contribution in [0.15, 0.2) is 60.8 Å². The molecular weight excluding hydrogens is 362 g/mol. The molecule has 1 saturated heterocycles. The number of para-hydroxylation sites is 1. The summed E-state index contributed by atoms with van der Waals surface area (Å²) in [5.41, 5.74) is 4.73. The molecule has 0 saturated carbocycles. The Morgan fingerprint density at radius 3 is 2.55 bits per heavy atom. The van der Waals surface area contributed by atoms with Crippen LogP contribution >= 0.6 is 0 Å². The van der Waals surface area contributed by atoms with Gasteiger partial charge < -0.3 is 15.1 Å². The van der Waals surface area contributed by atoms with Gasteiger partial charge in [0.2, 0.25) is 5.95 Å². The average Bonchev–Trinajstić information content (AvgIpc) is 3.45. The molecule has 0 bridgehead atoms. The molecule has 29 heavy (non-hydrogen) atoms. The molecule has 2 aliphatic rings. The summed E-state index contributed by atoms with van der Waals surface area (Å²) in [5.74, 6) is 0.335.